The Labute approximate surface area is 164 Å². The van der Waals surface area contributed by atoms with E-state index in [0.29, 0.717) is 13.0 Å². The van der Waals surface area contributed by atoms with Crippen molar-refractivity contribution in [1.29, 1.82) is 0 Å². The Hall–Kier alpha value is -2.23. The Morgan fingerprint density at radius 2 is 1.96 bits per heavy atom. The zero-order chi connectivity index (χ0) is 19.9. The van der Waals surface area contributed by atoms with Gasteiger partial charge in [-0.2, -0.15) is 0 Å². The van der Waals surface area contributed by atoms with Crippen LogP contribution in [0.2, 0.25) is 0 Å². The van der Waals surface area contributed by atoms with E-state index in [-0.39, 0.29) is 11.3 Å². The van der Waals surface area contributed by atoms with Gasteiger partial charge in [-0.15, -0.1) is 0 Å². The number of carbonyl (C=O) groups is 1. The first-order chi connectivity index (χ1) is 12.8. The minimum atomic E-state index is 0.00410. The van der Waals surface area contributed by atoms with Gasteiger partial charge in [0.25, 0.3) is 0 Å². The molecule has 0 fully saturated rings. The number of hydrogen-bond donors (Lipinski definition) is 0. The van der Waals surface area contributed by atoms with Crippen LogP contribution in [0.5, 0.6) is 5.75 Å². The number of benzene rings is 1. The third-order valence-corrected chi connectivity index (χ3v) is 4.58. The molecule has 0 spiro atoms. The standard InChI is InChI=1S/C23H34N2O2/c1-6-7-13-25(22(26)16-23(2,3)4)18-20-11-9-14-24(20)17-19-10-8-12-21(15-19)27-5/h8-12,14-15H,6-7,13,16-18H2,1-5H3. The van der Waals surface area contributed by atoms with Gasteiger partial charge < -0.3 is 14.2 Å². The second kappa shape index (κ2) is 9.63. The predicted octanol–water partition coefficient (Wildman–Crippen LogP) is 5.11. The summed E-state index contributed by atoms with van der Waals surface area (Å²) in [7, 11) is 1.69. The van der Waals surface area contributed by atoms with Crippen molar-refractivity contribution < 1.29 is 9.53 Å². The highest BCUT2D eigenvalue weighted by Gasteiger charge is 2.21. The molecule has 4 nitrogen and oxygen atoms in total. The number of aromatic nitrogens is 1. The van der Waals surface area contributed by atoms with Crippen molar-refractivity contribution in [2.24, 2.45) is 5.41 Å². The first kappa shape index (κ1) is 21.1. The third-order valence-electron chi connectivity index (χ3n) is 4.58. The van der Waals surface area contributed by atoms with Crippen molar-refractivity contribution in [2.45, 2.75) is 60.0 Å². The summed E-state index contributed by atoms with van der Waals surface area (Å²) in [6.07, 6.45) is 4.78. The molecule has 1 amide bonds. The monoisotopic (exact) mass is 370 g/mol. The first-order valence-corrected chi connectivity index (χ1v) is 9.87. The fraction of sp³-hybridized carbons (Fsp3) is 0.522. The lowest BCUT2D eigenvalue weighted by atomic mass is 9.91. The molecule has 2 rings (SSSR count). The molecule has 0 radical (unpaired) electrons. The summed E-state index contributed by atoms with van der Waals surface area (Å²) in [6, 6.07) is 12.3. The van der Waals surface area contributed by atoms with Crippen molar-refractivity contribution in [3.8, 4) is 5.75 Å². The van der Waals surface area contributed by atoms with Gasteiger partial charge >= 0.3 is 0 Å². The summed E-state index contributed by atoms with van der Waals surface area (Å²) >= 11 is 0. The molecular weight excluding hydrogens is 336 g/mol. The lowest BCUT2D eigenvalue weighted by Crippen LogP contribution is -2.34. The van der Waals surface area contributed by atoms with E-state index in [1.165, 1.54) is 5.56 Å². The highest BCUT2D eigenvalue weighted by atomic mass is 16.5. The van der Waals surface area contributed by atoms with E-state index >= 15 is 0 Å². The van der Waals surface area contributed by atoms with E-state index in [1.807, 2.05) is 17.0 Å². The Bertz CT molecular complexity index is 728. The van der Waals surface area contributed by atoms with Gasteiger partial charge in [-0.25, -0.2) is 0 Å². The molecular formula is C23H34N2O2. The van der Waals surface area contributed by atoms with Crippen molar-refractivity contribution in [1.82, 2.24) is 9.47 Å². The van der Waals surface area contributed by atoms with E-state index in [0.717, 1.165) is 37.4 Å². The molecule has 0 N–H and O–H groups in total. The number of hydrogen-bond acceptors (Lipinski definition) is 2. The Morgan fingerprint density at radius 3 is 2.63 bits per heavy atom. The van der Waals surface area contributed by atoms with Crippen molar-refractivity contribution in [3.63, 3.8) is 0 Å². The molecule has 2 aromatic rings. The molecule has 0 unspecified atom stereocenters. The average Bonchev–Trinajstić information content (AvgIpc) is 3.04. The maximum atomic E-state index is 12.8. The number of rotatable bonds is 9. The lowest BCUT2D eigenvalue weighted by Gasteiger charge is -2.27. The van der Waals surface area contributed by atoms with Gasteiger partial charge in [0.05, 0.1) is 13.7 Å². The van der Waals surface area contributed by atoms with Gasteiger partial charge in [-0.3, -0.25) is 4.79 Å². The molecule has 1 heterocycles. The molecule has 1 aromatic carbocycles. The Morgan fingerprint density at radius 1 is 1.19 bits per heavy atom. The smallest absolute Gasteiger partial charge is 0.223 e. The highest BCUT2D eigenvalue weighted by molar-refractivity contribution is 5.76. The van der Waals surface area contributed by atoms with Crippen LogP contribution < -0.4 is 4.74 Å². The predicted molar refractivity (Wildman–Crippen MR) is 111 cm³/mol. The van der Waals surface area contributed by atoms with Gasteiger partial charge in [0, 0.05) is 31.4 Å². The Kier molecular flexibility index (Phi) is 7.52. The van der Waals surface area contributed by atoms with Crippen LogP contribution in [0.1, 0.15) is 58.2 Å². The van der Waals surface area contributed by atoms with Crippen LogP contribution in [0.4, 0.5) is 0 Å². The van der Waals surface area contributed by atoms with E-state index < -0.39 is 0 Å². The zero-order valence-electron chi connectivity index (χ0n) is 17.5. The van der Waals surface area contributed by atoms with Gasteiger partial charge in [0.15, 0.2) is 0 Å². The minimum absolute atomic E-state index is 0.00410. The van der Waals surface area contributed by atoms with Crippen molar-refractivity contribution >= 4 is 5.91 Å². The summed E-state index contributed by atoms with van der Waals surface area (Å²) < 4.78 is 7.55. The summed E-state index contributed by atoms with van der Waals surface area (Å²) in [6.45, 7) is 10.8. The number of amides is 1. The molecule has 0 saturated heterocycles. The van der Waals surface area contributed by atoms with Crippen LogP contribution in [0.15, 0.2) is 42.6 Å². The maximum absolute atomic E-state index is 12.8. The molecule has 0 aliphatic rings. The number of ether oxygens (including phenoxy) is 1. The fourth-order valence-electron chi connectivity index (χ4n) is 3.12. The summed E-state index contributed by atoms with van der Waals surface area (Å²) in [5, 5.41) is 0. The summed E-state index contributed by atoms with van der Waals surface area (Å²) in [5.41, 5.74) is 2.36. The fourth-order valence-corrected chi connectivity index (χ4v) is 3.12. The molecule has 148 valence electrons. The van der Waals surface area contributed by atoms with Gasteiger partial charge in [-0.05, 0) is 41.7 Å². The molecule has 0 atom stereocenters. The highest BCUT2D eigenvalue weighted by Crippen LogP contribution is 2.22. The SMILES string of the molecule is CCCCN(Cc1cccn1Cc1cccc(OC)c1)C(=O)CC(C)(C)C. The molecule has 0 aliphatic carbocycles. The van der Waals surface area contributed by atoms with E-state index in [4.69, 9.17) is 4.74 Å². The van der Waals surface area contributed by atoms with Gasteiger partial charge in [0.2, 0.25) is 5.91 Å². The molecule has 27 heavy (non-hydrogen) atoms. The minimum Gasteiger partial charge on any atom is -0.497 e. The normalized spacial score (nSPS) is 11.4. The van der Waals surface area contributed by atoms with Gasteiger partial charge in [0.1, 0.15) is 5.75 Å². The zero-order valence-corrected chi connectivity index (χ0v) is 17.5. The van der Waals surface area contributed by atoms with Crippen LogP contribution in [0, 0.1) is 5.41 Å². The number of methoxy groups -OCH3 is 1. The van der Waals surface area contributed by atoms with E-state index in [2.05, 4.69) is 62.7 Å². The lowest BCUT2D eigenvalue weighted by molar-refractivity contribution is -0.133. The first-order valence-electron chi connectivity index (χ1n) is 9.87. The number of unbranched alkanes of at least 4 members (excludes halogenated alkanes) is 1. The van der Waals surface area contributed by atoms with Gasteiger partial charge in [-0.1, -0.05) is 46.2 Å². The van der Waals surface area contributed by atoms with E-state index in [9.17, 15) is 4.79 Å². The molecule has 0 saturated carbocycles. The van der Waals surface area contributed by atoms with Crippen LogP contribution in [-0.2, 0) is 17.9 Å². The quantitative estimate of drug-likeness (QED) is 0.615. The number of carbonyl (C=O) groups excluding carboxylic acids is 1. The second-order valence-corrected chi connectivity index (χ2v) is 8.39. The van der Waals surface area contributed by atoms with Crippen LogP contribution in [0.3, 0.4) is 0 Å². The van der Waals surface area contributed by atoms with Crippen LogP contribution in [0.25, 0.3) is 0 Å². The molecule has 0 aliphatic heterocycles. The van der Waals surface area contributed by atoms with E-state index in [1.54, 1.807) is 7.11 Å². The topological polar surface area (TPSA) is 34.5 Å². The summed E-state index contributed by atoms with van der Waals surface area (Å²) in [4.78, 5) is 14.9. The molecule has 0 bridgehead atoms. The van der Waals surface area contributed by atoms with Crippen LogP contribution in [-0.4, -0.2) is 29.0 Å². The maximum Gasteiger partial charge on any atom is 0.223 e. The van der Waals surface area contributed by atoms with Crippen LogP contribution >= 0.6 is 0 Å². The molecule has 4 heteroatoms. The number of nitrogens with zero attached hydrogens (tertiary/aromatic N) is 2. The second-order valence-electron chi connectivity index (χ2n) is 8.39. The third kappa shape index (κ3) is 6.78. The van der Waals surface area contributed by atoms with Crippen molar-refractivity contribution in [2.75, 3.05) is 13.7 Å². The Balaban J connectivity index is 2.13. The molecule has 1 aromatic heterocycles. The van der Waals surface area contributed by atoms with Crippen molar-refractivity contribution in [3.05, 3.63) is 53.9 Å². The summed E-state index contributed by atoms with van der Waals surface area (Å²) in [5.74, 6) is 1.11. The average molecular weight is 371 g/mol. The largest absolute Gasteiger partial charge is 0.497 e.